The Morgan fingerprint density at radius 3 is 2.46 bits per heavy atom. The third-order valence-corrected chi connectivity index (χ3v) is 2.99. The van der Waals surface area contributed by atoms with Crippen LogP contribution in [0.2, 0.25) is 5.02 Å². The van der Waals surface area contributed by atoms with Crippen LogP contribution in [0.15, 0.2) is 48.5 Å². The van der Waals surface area contributed by atoms with Crippen molar-refractivity contribution in [3.8, 4) is 5.75 Å². The quantitative estimate of drug-likeness (QED) is 0.802. The predicted octanol–water partition coefficient (Wildman–Crippen LogP) is 3.74. The summed E-state index contributed by atoms with van der Waals surface area (Å²) in [6.45, 7) is -3.42. The maximum Gasteiger partial charge on any atom is 0.387 e. The summed E-state index contributed by atoms with van der Waals surface area (Å²) in [5.41, 5.74) is 0.573. The van der Waals surface area contributed by atoms with E-state index in [1.54, 1.807) is 12.1 Å². The van der Waals surface area contributed by atoms with E-state index >= 15 is 0 Å². The topological polar surface area (TPSA) is 64.6 Å². The number of rotatable bonds is 6. The lowest BCUT2D eigenvalue weighted by molar-refractivity contribution is -0.119. The Hall–Kier alpha value is -2.67. The molecule has 1 N–H and O–H groups in total. The molecule has 2 rings (SSSR count). The highest BCUT2D eigenvalue weighted by Crippen LogP contribution is 2.17. The predicted molar refractivity (Wildman–Crippen MR) is 83.4 cm³/mol. The van der Waals surface area contributed by atoms with Gasteiger partial charge in [0.05, 0.1) is 5.56 Å². The summed E-state index contributed by atoms with van der Waals surface area (Å²) in [6.07, 6.45) is 0. The van der Waals surface area contributed by atoms with Crippen molar-refractivity contribution >= 4 is 29.2 Å². The maximum absolute atomic E-state index is 12.0. The number of anilines is 1. The number of hydrogen-bond donors (Lipinski definition) is 1. The minimum Gasteiger partial charge on any atom is -0.452 e. The molecule has 0 bridgehead atoms. The molecule has 0 aliphatic heterocycles. The van der Waals surface area contributed by atoms with Crippen LogP contribution in [0.4, 0.5) is 14.5 Å². The highest BCUT2D eigenvalue weighted by molar-refractivity contribution is 6.30. The second kappa shape index (κ2) is 8.26. The van der Waals surface area contributed by atoms with E-state index in [0.717, 1.165) is 0 Å². The van der Waals surface area contributed by atoms with Gasteiger partial charge in [0.15, 0.2) is 6.61 Å². The molecular formula is C16H12ClF2NO4. The van der Waals surface area contributed by atoms with Crippen LogP contribution in [0.3, 0.4) is 0 Å². The molecule has 126 valence electrons. The molecule has 5 nitrogen and oxygen atoms in total. The zero-order chi connectivity index (χ0) is 17.5. The first kappa shape index (κ1) is 17.7. The molecule has 0 aromatic heterocycles. The maximum atomic E-state index is 12.0. The van der Waals surface area contributed by atoms with Crippen molar-refractivity contribution in [2.75, 3.05) is 11.9 Å². The fourth-order valence-corrected chi connectivity index (χ4v) is 1.94. The van der Waals surface area contributed by atoms with Gasteiger partial charge in [-0.25, -0.2) is 4.79 Å². The van der Waals surface area contributed by atoms with Gasteiger partial charge in [0, 0.05) is 10.7 Å². The highest BCUT2D eigenvalue weighted by atomic mass is 35.5. The first-order valence-electron chi connectivity index (χ1n) is 6.71. The van der Waals surface area contributed by atoms with Crippen LogP contribution in [-0.4, -0.2) is 25.1 Å². The summed E-state index contributed by atoms with van der Waals surface area (Å²) in [5, 5.41) is 2.83. The summed E-state index contributed by atoms with van der Waals surface area (Å²) in [6, 6.07) is 11.4. The Kier molecular flexibility index (Phi) is 6.08. The molecule has 0 saturated carbocycles. The highest BCUT2D eigenvalue weighted by Gasteiger charge is 2.11. The zero-order valence-electron chi connectivity index (χ0n) is 12.2. The Balaban J connectivity index is 1.83. The first-order valence-corrected chi connectivity index (χ1v) is 7.09. The fourth-order valence-electron chi connectivity index (χ4n) is 1.75. The van der Waals surface area contributed by atoms with Crippen LogP contribution >= 0.6 is 11.6 Å². The van der Waals surface area contributed by atoms with Crippen molar-refractivity contribution in [1.82, 2.24) is 0 Å². The van der Waals surface area contributed by atoms with Crippen molar-refractivity contribution in [3.63, 3.8) is 0 Å². The molecule has 8 heteroatoms. The van der Waals surface area contributed by atoms with Crippen molar-refractivity contribution in [3.05, 3.63) is 59.1 Å². The van der Waals surface area contributed by atoms with Crippen molar-refractivity contribution in [2.24, 2.45) is 0 Å². The van der Waals surface area contributed by atoms with Gasteiger partial charge in [-0.15, -0.1) is 0 Å². The van der Waals surface area contributed by atoms with Crippen molar-refractivity contribution < 1.29 is 27.8 Å². The minimum atomic E-state index is -2.92. The number of ether oxygens (including phenoxy) is 2. The van der Waals surface area contributed by atoms with E-state index in [4.69, 9.17) is 16.3 Å². The largest absolute Gasteiger partial charge is 0.452 e. The van der Waals surface area contributed by atoms with Crippen LogP contribution in [0.1, 0.15) is 10.4 Å². The molecule has 0 heterocycles. The molecule has 0 saturated heterocycles. The Morgan fingerprint density at radius 2 is 1.83 bits per heavy atom. The lowest BCUT2D eigenvalue weighted by Gasteiger charge is -2.08. The molecule has 0 spiro atoms. The van der Waals surface area contributed by atoms with Gasteiger partial charge in [-0.05, 0) is 42.5 Å². The molecule has 0 aliphatic rings. The summed E-state index contributed by atoms with van der Waals surface area (Å²) in [7, 11) is 0. The van der Waals surface area contributed by atoms with E-state index in [1.807, 2.05) is 0 Å². The molecule has 0 atom stereocenters. The molecule has 0 aliphatic carbocycles. The van der Waals surface area contributed by atoms with Crippen LogP contribution < -0.4 is 10.1 Å². The van der Waals surface area contributed by atoms with E-state index in [9.17, 15) is 18.4 Å². The van der Waals surface area contributed by atoms with Gasteiger partial charge < -0.3 is 14.8 Å². The number of amides is 1. The standard InChI is InChI=1S/C16H12ClF2NO4/c17-11-3-1-2-10(8-11)15(22)23-9-14(21)20-12-4-6-13(7-5-12)24-16(18)19/h1-8,16H,9H2,(H,20,21). The van der Waals surface area contributed by atoms with E-state index in [2.05, 4.69) is 10.1 Å². The number of halogens is 3. The number of benzene rings is 2. The number of alkyl halides is 2. The number of carbonyl (C=O) groups is 2. The second-order valence-corrected chi connectivity index (χ2v) is 4.97. The summed E-state index contributed by atoms with van der Waals surface area (Å²) < 4.78 is 33.1. The molecular weight excluding hydrogens is 344 g/mol. The number of carbonyl (C=O) groups excluding carboxylic acids is 2. The minimum absolute atomic E-state index is 0.0321. The normalized spacial score (nSPS) is 10.3. The molecule has 0 radical (unpaired) electrons. The van der Waals surface area contributed by atoms with Gasteiger partial charge in [0.25, 0.3) is 5.91 Å². The Labute approximate surface area is 141 Å². The van der Waals surface area contributed by atoms with Crippen LogP contribution in [-0.2, 0) is 9.53 Å². The van der Waals surface area contributed by atoms with Gasteiger partial charge in [-0.1, -0.05) is 17.7 Å². The van der Waals surface area contributed by atoms with E-state index in [-0.39, 0.29) is 11.3 Å². The first-order chi connectivity index (χ1) is 11.4. The van der Waals surface area contributed by atoms with Crippen molar-refractivity contribution in [1.29, 1.82) is 0 Å². The summed E-state index contributed by atoms with van der Waals surface area (Å²) >= 11 is 5.76. The summed E-state index contributed by atoms with van der Waals surface area (Å²) in [5.74, 6) is -1.29. The summed E-state index contributed by atoms with van der Waals surface area (Å²) in [4.78, 5) is 23.5. The number of esters is 1. The second-order valence-electron chi connectivity index (χ2n) is 4.54. The van der Waals surface area contributed by atoms with E-state index < -0.39 is 25.1 Å². The van der Waals surface area contributed by atoms with Gasteiger partial charge in [-0.2, -0.15) is 8.78 Å². The Morgan fingerprint density at radius 1 is 1.12 bits per heavy atom. The Bertz CT molecular complexity index is 722. The molecule has 1 amide bonds. The van der Waals surface area contributed by atoms with E-state index in [0.29, 0.717) is 10.7 Å². The fraction of sp³-hybridized carbons (Fsp3) is 0.125. The van der Waals surface area contributed by atoms with E-state index in [1.165, 1.54) is 36.4 Å². The molecule has 0 fully saturated rings. The smallest absolute Gasteiger partial charge is 0.387 e. The van der Waals surface area contributed by atoms with Gasteiger partial charge in [0.1, 0.15) is 5.75 Å². The van der Waals surface area contributed by atoms with Gasteiger partial charge in [-0.3, -0.25) is 4.79 Å². The third kappa shape index (κ3) is 5.51. The van der Waals surface area contributed by atoms with Gasteiger partial charge in [0.2, 0.25) is 0 Å². The molecule has 24 heavy (non-hydrogen) atoms. The van der Waals surface area contributed by atoms with Gasteiger partial charge >= 0.3 is 12.6 Å². The average molecular weight is 356 g/mol. The zero-order valence-corrected chi connectivity index (χ0v) is 12.9. The molecule has 0 unspecified atom stereocenters. The van der Waals surface area contributed by atoms with Crippen LogP contribution in [0.25, 0.3) is 0 Å². The third-order valence-electron chi connectivity index (χ3n) is 2.76. The number of hydrogen-bond acceptors (Lipinski definition) is 4. The lowest BCUT2D eigenvalue weighted by atomic mass is 10.2. The monoisotopic (exact) mass is 355 g/mol. The molecule has 2 aromatic carbocycles. The number of nitrogens with one attached hydrogen (secondary N) is 1. The SMILES string of the molecule is O=C(COC(=O)c1cccc(Cl)c1)Nc1ccc(OC(F)F)cc1. The van der Waals surface area contributed by atoms with Crippen molar-refractivity contribution in [2.45, 2.75) is 6.61 Å². The molecule has 2 aromatic rings. The van der Waals surface area contributed by atoms with Crippen LogP contribution in [0.5, 0.6) is 5.75 Å². The lowest BCUT2D eigenvalue weighted by Crippen LogP contribution is -2.20. The van der Waals surface area contributed by atoms with Crippen LogP contribution in [0, 0.1) is 0 Å². The average Bonchev–Trinajstić information content (AvgIpc) is 2.54.